The highest BCUT2D eigenvalue weighted by Gasteiger charge is 2.41. The van der Waals surface area contributed by atoms with Gasteiger partial charge < -0.3 is 10.2 Å². The van der Waals surface area contributed by atoms with Crippen molar-refractivity contribution in [3.8, 4) is 5.13 Å². The molecule has 2 atom stereocenters. The van der Waals surface area contributed by atoms with E-state index in [1.165, 1.54) is 4.70 Å². The van der Waals surface area contributed by atoms with Gasteiger partial charge in [-0.05, 0) is 66.3 Å². The van der Waals surface area contributed by atoms with Crippen molar-refractivity contribution in [1.29, 1.82) is 0 Å². The van der Waals surface area contributed by atoms with Crippen LogP contribution in [0.5, 0.6) is 0 Å². The third-order valence-electron chi connectivity index (χ3n) is 5.87. The van der Waals surface area contributed by atoms with Crippen LogP contribution in [0.15, 0.2) is 91.5 Å². The highest BCUT2D eigenvalue weighted by Crippen LogP contribution is 2.41. The summed E-state index contributed by atoms with van der Waals surface area (Å²) in [5, 5.41) is 5.19. The third kappa shape index (κ3) is 3.67. The predicted molar refractivity (Wildman–Crippen MR) is 134 cm³/mol. The zero-order chi connectivity index (χ0) is 22.2. The summed E-state index contributed by atoms with van der Waals surface area (Å²) in [6.45, 7) is 0.674. The second-order valence-corrected chi connectivity index (χ2v) is 9.27. The zero-order valence-corrected chi connectivity index (χ0v) is 19.2. The van der Waals surface area contributed by atoms with Crippen LogP contribution in [0.3, 0.4) is 0 Å². The monoisotopic (exact) mass is 468 g/mol. The lowest BCUT2D eigenvalue weighted by molar-refractivity contribution is 0.302. The number of para-hydroxylation sites is 1. The lowest BCUT2D eigenvalue weighted by atomic mass is 10.0. The highest BCUT2D eigenvalue weighted by molar-refractivity contribution is 7.80. The minimum atomic E-state index is -0.0800. The molecule has 5 aromatic rings. The highest BCUT2D eigenvalue weighted by atomic mass is 32.1. The van der Waals surface area contributed by atoms with Crippen LogP contribution in [0, 0.1) is 0 Å². The van der Waals surface area contributed by atoms with Crippen LogP contribution < -0.4 is 5.32 Å². The summed E-state index contributed by atoms with van der Waals surface area (Å²) in [6.07, 6.45) is 7.54. The Labute approximate surface area is 200 Å². The van der Waals surface area contributed by atoms with Crippen LogP contribution in [0.2, 0.25) is 0 Å². The number of nitrogens with one attached hydrogen (secondary N) is 1. The summed E-state index contributed by atoms with van der Waals surface area (Å²) in [5.41, 5.74) is 4.23. The van der Waals surface area contributed by atoms with E-state index in [1.807, 2.05) is 61.1 Å². The van der Waals surface area contributed by atoms with Gasteiger partial charge in [0, 0.05) is 31.3 Å². The van der Waals surface area contributed by atoms with E-state index < -0.39 is 0 Å². The van der Waals surface area contributed by atoms with E-state index in [-0.39, 0.29) is 12.1 Å². The lowest BCUT2D eigenvalue weighted by Gasteiger charge is -2.28. The molecule has 6 rings (SSSR count). The molecular weight excluding hydrogens is 448 g/mol. The number of nitrogens with zero attached hydrogens (tertiary/aromatic N) is 5. The van der Waals surface area contributed by atoms with Crippen molar-refractivity contribution in [3.05, 3.63) is 108 Å². The number of benzene rings is 1. The molecule has 0 amide bonds. The van der Waals surface area contributed by atoms with Crippen molar-refractivity contribution in [2.24, 2.45) is 0 Å². The normalized spacial score (nSPS) is 18.1. The topological polar surface area (TPSA) is 58.9 Å². The predicted octanol–water partition coefficient (Wildman–Crippen LogP) is 5.05. The Morgan fingerprint density at radius 2 is 1.79 bits per heavy atom. The average Bonchev–Trinajstić information content (AvgIpc) is 3.57. The Morgan fingerprint density at radius 1 is 0.939 bits per heavy atom. The fraction of sp³-hybridized carbons (Fsp3) is 0.120. The molecule has 6 nitrogen and oxygen atoms in total. The third-order valence-corrected chi connectivity index (χ3v) is 7.26. The van der Waals surface area contributed by atoms with Crippen LogP contribution in [0.1, 0.15) is 29.0 Å². The standard InChI is InChI=1S/C25H20N6S2/c32-24-29-22(19-7-3-4-12-27-19)23(31(24)16-17-10-13-26-14-11-17)20-8-5-15-30(20)25-28-18-6-1-2-9-21(18)33-25/h1-15,22-23H,16H2,(H,29,32). The lowest BCUT2D eigenvalue weighted by Crippen LogP contribution is -2.30. The summed E-state index contributed by atoms with van der Waals surface area (Å²) in [7, 11) is 0. The Hall–Kier alpha value is -3.62. The van der Waals surface area contributed by atoms with Gasteiger partial charge in [0.05, 0.1) is 33.7 Å². The number of fused-ring (bicyclic) bond motifs is 1. The minimum Gasteiger partial charge on any atom is -0.352 e. The van der Waals surface area contributed by atoms with E-state index in [2.05, 4.69) is 55.2 Å². The maximum Gasteiger partial charge on any atom is 0.194 e. The molecule has 2 unspecified atom stereocenters. The van der Waals surface area contributed by atoms with Crippen LogP contribution in [-0.4, -0.2) is 29.5 Å². The number of thiocarbonyl (C=S) groups is 1. The van der Waals surface area contributed by atoms with Gasteiger partial charge in [-0.15, -0.1) is 0 Å². The SMILES string of the molecule is S=C1NC(c2ccccn2)C(c2cccn2-c2nc3ccccc3s2)N1Cc1ccncc1. The molecule has 0 bridgehead atoms. The number of aromatic nitrogens is 4. The Morgan fingerprint density at radius 3 is 2.61 bits per heavy atom. The summed E-state index contributed by atoms with van der Waals surface area (Å²) in [6, 6.07) is 22.4. The molecular formula is C25H20N6S2. The van der Waals surface area contributed by atoms with Crippen molar-refractivity contribution in [1.82, 2.24) is 29.7 Å². The first-order chi connectivity index (χ1) is 16.3. The molecule has 1 fully saturated rings. The van der Waals surface area contributed by atoms with E-state index in [0.29, 0.717) is 11.7 Å². The van der Waals surface area contributed by atoms with Crippen molar-refractivity contribution in [3.63, 3.8) is 0 Å². The largest absolute Gasteiger partial charge is 0.352 e. The molecule has 1 saturated heterocycles. The van der Waals surface area contributed by atoms with Crippen molar-refractivity contribution in [2.75, 3.05) is 0 Å². The maximum atomic E-state index is 5.83. The van der Waals surface area contributed by atoms with E-state index in [4.69, 9.17) is 17.2 Å². The molecule has 5 heterocycles. The second kappa shape index (κ2) is 8.38. The van der Waals surface area contributed by atoms with Gasteiger partial charge >= 0.3 is 0 Å². The van der Waals surface area contributed by atoms with Crippen molar-refractivity contribution in [2.45, 2.75) is 18.6 Å². The number of rotatable bonds is 5. The first kappa shape index (κ1) is 20.0. The smallest absolute Gasteiger partial charge is 0.194 e. The number of pyridine rings is 2. The van der Waals surface area contributed by atoms with Crippen LogP contribution in [-0.2, 0) is 6.54 Å². The second-order valence-electron chi connectivity index (χ2n) is 7.88. The Balaban J connectivity index is 1.46. The van der Waals surface area contributed by atoms with E-state index in [9.17, 15) is 0 Å². The number of hydrogen-bond acceptors (Lipinski definition) is 5. The summed E-state index contributed by atoms with van der Waals surface area (Å²) in [4.78, 5) is 15.9. The summed E-state index contributed by atoms with van der Waals surface area (Å²) in [5.74, 6) is 0. The molecule has 0 aliphatic carbocycles. The van der Waals surface area contributed by atoms with Crippen molar-refractivity contribution >= 4 is 38.9 Å². The molecule has 1 aromatic carbocycles. The number of hydrogen-bond donors (Lipinski definition) is 1. The van der Waals surface area contributed by atoms with E-state index in [1.54, 1.807) is 11.3 Å². The molecule has 1 aliphatic rings. The molecule has 0 saturated carbocycles. The van der Waals surface area contributed by atoms with Crippen molar-refractivity contribution < 1.29 is 0 Å². The number of thiazole rings is 1. The van der Waals surface area contributed by atoms with E-state index in [0.717, 1.165) is 27.6 Å². The zero-order valence-electron chi connectivity index (χ0n) is 17.6. The molecule has 1 aliphatic heterocycles. The molecule has 1 N–H and O–H groups in total. The Bertz CT molecular complexity index is 1380. The van der Waals surface area contributed by atoms with Gasteiger partial charge in [0.25, 0.3) is 0 Å². The molecule has 0 spiro atoms. The van der Waals surface area contributed by atoms with Crippen LogP contribution in [0.4, 0.5) is 0 Å². The maximum absolute atomic E-state index is 5.83. The Kier molecular flexibility index (Phi) is 5.09. The summed E-state index contributed by atoms with van der Waals surface area (Å²) < 4.78 is 3.35. The van der Waals surface area contributed by atoms with Gasteiger partial charge in [0.1, 0.15) is 0 Å². The van der Waals surface area contributed by atoms with Gasteiger partial charge in [-0.1, -0.05) is 29.5 Å². The van der Waals surface area contributed by atoms with Crippen LogP contribution in [0.25, 0.3) is 15.3 Å². The molecule has 162 valence electrons. The molecule has 0 radical (unpaired) electrons. The van der Waals surface area contributed by atoms with E-state index >= 15 is 0 Å². The van der Waals surface area contributed by atoms with Crippen LogP contribution >= 0.6 is 23.6 Å². The van der Waals surface area contributed by atoms with Gasteiger partial charge in [-0.2, -0.15) is 0 Å². The fourth-order valence-electron chi connectivity index (χ4n) is 4.35. The van der Waals surface area contributed by atoms with Gasteiger partial charge in [0.2, 0.25) is 0 Å². The quantitative estimate of drug-likeness (QED) is 0.364. The van der Waals surface area contributed by atoms with Gasteiger partial charge in [0.15, 0.2) is 10.2 Å². The fourth-order valence-corrected chi connectivity index (χ4v) is 5.63. The first-order valence-corrected chi connectivity index (χ1v) is 11.9. The van der Waals surface area contributed by atoms with Gasteiger partial charge in [-0.25, -0.2) is 4.98 Å². The van der Waals surface area contributed by atoms with Gasteiger partial charge in [-0.3, -0.25) is 14.5 Å². The molecule has 8 heteroatoms. The first-order valence-electron chi connectivity index (χ1n) is 10.7. The average molecular weight is 469 g/mol. The summed E-state index contributed by atoms with van der Waals surface area (Å²) >= 11 is 7.52. The molecule has 33 heavy (non-hydrogen) atoms. The minimum absolute atomic E-state index is 0.0532. The molecule has 4 aromatic heterocycles.